The standard InChI is InChI=1S/C10H19O4P/c1-2-3-4-5-6-10-7-12-15(11,13-8-10)14-9-10/h2-9H2,1H3. The lowest BCUT2D eigenvalue weighted by atomic mass is 9.85. The van der Waals surface area contributed by atoms with E-state index in [0.717, 1.165) is 6.42 Å². The van der Waals surface area contributed by atoms with Gasteiger partial charge in [-0.1, -0.05) is 32.6 Å². The van der Waals surface area contributed by atoms with Crippen molar-refractivity contribution in [1.29, 1.82) is 0 Å². The van der Waals surface area contributed by atoms with Crippen LogP contribution in [0, 0.1) is 5.41 Å². The Balaban J connectivity index is 1.79. The first-order chi connectivity index (χ1) is 7.18. The Kier molecular flexibility index (Phi) is 3.51. The van der Waals surface area contributed by atoms with Gasteiger partial charge in [-0.2, -0.15) is 0 Å². The minimum atomic E-state index is -3.12. The van der Waals surface area contributed by atoms with E-state index >= 15 is 0 Å². The van der Waals surface area contributed by atoms with Gasteiger partial charge in [-0.25, -0.2) is 4.57 Å². The van der Waals surface area contributed by atoms with E-state index in [2.05, 4.69) is 6.92 Å². The zero-order chi connectivity index (χ0) is 10.8. The lowest BCUT2D eigenvalue weighted by Gasteiger charge is -2.44. The van der Waals surface area contributed by atoms with Gasteiger partial charge in [0, 0.05) is 5.41 Å². The molecule has 3 aliphatic rings. The molecule has 0 unspecified atom stereocenters. The molecule has 0 aliphatic carbocycles. The molecule has 0 amide bonds. The molecule has 3 aliphatic heterocycles. The number of hydrogen-bond acceptors (Lipinski definition) is 4. The van der Waals surface area contributed by atoms with E-state index in [9.17, 15) is 4.57 Å². The molecule has 0 aromatic heterocycles. The Labute approximate surface area is 90.9 Å². The van der Waals surface area contributed by atoms with Crippen LogP contribution in [-0.4, -0.2) is 19.8 Å². The quantitative estimate of drug-likeness (QED) is 0.541. The maximum absolute atomic E-state index is 11.5. The van der Waals surface area contributed by atoms with Gasteiger partial charge in [0.15, 0.2) is 0 Å². The van der Waals surface area contributed by atoms with Crippen molar-refractivity contribution in [2.24, 2.45) is 5.41 Å². The van der Waals surface area contributed by atoms with E-state index in [0.29, 0.717) is 19.8 Å². The lowest BCUT2D eigenvalue weighted by Crippen LogP contribution is -2.44. The van der Waals surface area contributed by atoms with Gasteiger partial charge in [-0.3, -0.25) is 13.6 Å². The molecule has 3 fully saturated rings. The van der Waals surface area contributed by atoms with E-state index in [4.69, 9.17) is 13.6 Å². The molecule has 0 N–H and O–H groups in total. The van der Waals surface area contributed by atoms with E-state index in [-0.39, 0.29) is 5.41 Å². The van der Waals surface area contributed by atoms with Crippen molar-refractivity contribution >= 4 is 7.82 Å². The summed E-state index contributed by atoms with van der Waals surface area (Å²) in [6, 6.07) is 0. The smallest absolute Gasteiger partial charge is 0.286 e. The van der Waals surface area contributed by atoms with Gasteiger partial charge < -0.3 is 0 Å². The third-order valence-electron chi connectivity index (χ3n) is 3.15. The maximum atomic E-state index is 11.5. The van der Waals surface area contributed by atoms with Crippen LogP contribution >= 0.6 is 7.82 Å². The van der Waals surface area contributed by atoms with E-state index < -0.39 is 7.82 Å². The highest BCUT2D eigenvalue weighted by Gasteiger charge is 2.49. The zero-order valence-electron chi connectivity index (χ0n) is 9.24. The summed E-state index contributed by atoms with van der Waals surface area (Å²) in [5.41, 5.74) is -0.0279. The van der Waals surface area contributed by atoms with Gasteiger partial charge in [0.1, 0.15) is 0 Å². The van der Waals surface area contributed by atoms with Crippen molar-refractivity contribution in [1.82, 2.24) is 0 Å². The van der Waals surface area contributed by atoms with Crippen molar-refractivity contribution in [2.45, 2.75) is 39.0 Å². The van der Waals surface area contributed by atoms with Gasteiger partial charge in [0.25, 0.3) is 0 Å². The minimum Gasteiger partial charge on any atom is -0.286 e. The molecular weight excluding hydrogens is 215 g/mol. The molecule has 3 rings (SSSR count). The van der Waals surface area contributed by atoms with Crippen LogP contribution in [0.3, 0.4) is 0 Å². The second kappa shape index (κ2) is 4.54. The summed E-state index contributed by atoms with van der Waals surface area (Å²) >= 11 is 0. The average Bonchev–Trinajstić information content (AvgIpc) is 2.27. The number of unbranched alkanes of at least 4 members (excludes halogenated alkanes) is 3. The fourth-order valence-corrected chi connectivity index (χ4v) is 3.55. The molecule has 0 saturated carbocycles. The summed E-state index contributed by atoms with van der Waals surface area (Å²) in [4.78, 5) is 0. The summed E-state index contributed by atoms with van der Waals surface area (Å²) in [6.45, 7) is 3.81. The van der Waals surface area contributed by atoms with Crippen molar-refractivity contribution < 1.29 is 18.1 Å². The molecule has 15 heavy (non-hydrogen) atoms. The summed E-state index contributed by atoms with van der Waals surface area (Å²) < 4.78 is 26.9. The Hall–Kier alpha value is 0.110. The number of fused-ring (bicyclic) bond motifs is 3. The maximum Gasteiger partial charge on any atom is 0.474 e. The van der Waals surface area contributed by atoms with Crippen molar-refractivity contribution in [2.75, 3.05) is 19.8 Å². The predicted molar refractivity (Wildman–Crippen MR) is 56.7 cm³/mol. The number of hydrogen-bond donors (Lipinski definition) is 0. The molecule has 2 bridgehead atoms. The molecule has 3 heterocycles. The van der Waals surface area contributed by atoms with Gasteiger partial charge >= 0.3 is 7.82 Å². The normalized spacial score (nSPS) is 39.5. The predicted octanol–water partition coefficient (Wildman–Crippen LogP) is 3.13. The molecule has 88 valence electrons. The molecule has 4 nitrogen and oxygen atoms in total. The first-order valence-electron chi connectivity index (χ1n) is 5.72. The molecule has 0 radical (unpaired) electrons. The SMILES string of the molecule is CCCCCCC12COP(=O)(OC1)OC2. The third kappa shape index (κ3) is 2.62. The summed E-state index contributed by atoms with van der Waals surface area (Å²) in [7, 11) is -3.12. The van der Waals surface area contributed by atoms with Gasteiger partial charge in [0.05, 0.1) is 19.8 Å². The summed E-state index contributed by atoms with van der Waals surface area (Å²) in [5, 5.41) is 0. The topological polar surface area (TPSA) is 44.8 Å². The average molecular weight is 234 g/mol. The zero-order valence-corrected chi connectivity index (χ0v) is 10.1. The van der Waals surface area contributed by atoms with Crippen LogP contribution in [0.15, 0.2) is 0 Å². The van der Waals surface area contributed by atoms with Crippen LogP contribution in [0.4, 0.5) is 0 Å². The third-order valence-corrected chi connectivity index (χ3v) is 4.48. The molecule has 0 aromatic carbocycles. The second-order valence-corrected chi connectivity index (χ2v) is 6.25. The van der Waals surface area contributed by atoms with Crippen LogP contribution in [0.2, 0.25) is 0 Å². The highest BCUT2D eigenvalue weighted by molar-refractivity contribution is 7.48. The van der Waals surface area contributed by atoms with Gasteiger partial charge in [0.2, 0.25) is 0 Å². The second-order valence-electron chi connectivity index (χ2n) is 4.58. The van der Waals surface area contributed by atoms with Crippen molar-refractivity contribution in [3.05, 3.63) is 0 Å². The number of phosphoric acid groups is 1. The largest absolute Gasteiger partial charge is 0.474 e. The van der Waals surface area contributed by atoms with Crippen molar-refractivity contribution in [3.63, 3.8) is 0 Å². The van der Waals surface area contributed by atoms with E-state index in [1.165, 1.54) is 25.7 Å². The van der Waals surface area contributed by atoms with Gasteiger partial charge in [-0.15, -0.1) is 0 Å². The number of rotatable bonds is 5. The minimum absolute atomic E-state index is 0.0279. The number of phosphoric ester groups is 1. The fourth-order valence-electron chi connectivity index (χ4n) is 2.03. The van der Waals surface area contributed by atoms with E-state index in [1.54, 1.807) is 0 Å². The molecular formula is C10H19O4P. The molecule has 0 atom stereocenters. The summed E-state index contributed by atoms with van der Waals surface area (Å²) in [5.74, 6) is 0. The fraction of sp³-hybridized carbons (Fsp3) is 1.00. The summed E-state index contributed by atoms with van der Waals surface area (Å²) in [6.07, 6.45) is 5.99. The molecule has 5 heteroatoms. The van der Waals surface area contributed by atoms with Crippen LogP contribution in [0.25, 0.3) is 0 Å². The van der Waals surface area contributed by atoms with Crippen LogP contribution in [0.1, 0.15) is 39.0 Å². The van der Waals surface area contributed by atoms with E-state index in [1.807, 2.05) is 0 Å². The first kappa shape index (κ1) is 11.6. The van der Waals surface area contributed by atoms with Crippen LogP contribution < -0.4 is 0 Å². The molecule has 3 saturated heterocycles. The molecule has 0 spiro atoms. The highest BCUT2D eigenvalue weighted by atomic mass is 31.2. The first-order valence-corrected chi connectivity index (χ1v) is 7.18. The lowest BCUT2D eigenvalue weighted by molar-refractivity contribution is -0.0982. The molecule has 0 aromatic rings. The van der Waals surface area contributed by atoms with Crippen molar-refractivity contribution in [3.8, 4) is 0 Å². The van der Waals surface area contributed by atoms with Crippen LogP contribution in [-0.2, 0) is 18.1 Å². The Morgan fingerprint density at radius 1 is 1.07 bits per heavy atom. The van der Waals surface area contributed by atoms with Gasteiger partial charge in [-0.05, 0) is 6.42 Å². The highest BCUT2D eigenvalue weighted by Crippen LogP contribution is 2.60. The Bertz CT molecular complexity index is 235. The Morgan fingerprint density at radius 3 is 2.20 bits per heavy atom. The van der Waals surface area contributed by atoms with Crippen LogP contribution in [0.5, 0.6) is 0 Å². The Morgan fingerprint density at radius 2 is 1.67 bits per heavy atom. The monoisotopic (exact) mass is 234 g/mol.